The van der Waals surface area contributed by atoms with Gasteiger partial charge in [-0.2, -0.15) is 0 Å². The molecule has 0 spiro atoms. The lowest BCUT2D eigenvalue weighted by molar-refractivity contribution is -0.121. The summed E-state index contributed by atoms with van der Waals surface area (Å²) in [6.45, 7) is 3.52. The van der Waals surface area contributed by atoms with Crippen molar-refractivity contribution in [3.63, 3.8) is 0 Å². The smallest absolute Gasteiger partial charge is 0.254 e. The van der Waals surface area contributed by atoms with Crippen molar-refractivity contribution in [2.24, 2.45) is 5.73 Å². The van der Waals surface area contributed by atoms with E-state index in [1.165, 1.54) is 0 Å². The largest absolute Gasteiger partial charge is 0.354 e. The number of rotatable bonds is 1. The predicted molar refractivity (Wildman–Crippen MR) is 80.6 cm³/mol. The van der Waals surface area contributed by atoms with Crippen molar-refractivity contribution in [3.05, 3.63) is 34.9 Å². The van der Waals surface area contributed by atoms with Crippen LogP contribution in [0.3, 0.4) is 0 Å². The normalized spacial score (nSPS) is 14.8. The van der Waals surface area contributed by atoms with Crippen LogP contribution in [0.25, 0.3) is 0 Å². The van der Waals surface area contributed by atoms with Crippen molar-refractivity contribution >= 4 is 11.8 Å². The number of hydrogen-bond acceptors (Lipinski definition) is 3. The molecule has 21 heavy (non-hydrogen) atoms. The highest BCUT2D eigenvalue weighted by atomic mass is 16.2. The second-order valence-electron chi connectivity index (χ2n) is 4.97. The SMILES string of the molecule is Cc1ccc(C(=O)N2CCCNC(=O)C2)cc1C#CCN. The van der Waals surface area contributed by atoms with E-state index >= 15 is 0 Å². The summed E-state index contributed by atoms with van der Waals surface area (Å²) in [5.41, 5.74) is 7.73. The first-order chi connectivity index (χ1) is 10.1. The predicted octanol–water partition coefficient (Wildman–Crippen LogP) is 0.267. The summed E-state index contributed by atoms with van der Waals surface area (Å²) in [6.07, 6.45) is 0.767. The maximum Gasteiger partial charge on any atom is 0.254 e. The van der Waals surface area contributed by atoms with Crippen LogP contribution in [0.2, 0.25) is 0 Å². The standard InChI is InChI=1S/C16H19N3O2/c1-12-5-6-14(10-13(12)4-2-7-17)16(21)19-9-3-8-18-15(20)11-19/h5-6,10H,3,7-9,11,17H2,1H3,(H,18,20). The van der Waals surface area contributed by atoms with Gasteiger partial charge in [-0.05, 0) is 31.0 Å². The van der Waals surface area contributed by atoms with Crippen LogP contribution in [0.5, 0.6) is 0 Å². The van der Waals surface area contributed by atoms with E-state index in [2.05, 4.69) is 17.2 Å². The van der Waals surface area contributed by atoms with Crippen LogP contribution in [-0.2, 0) is 4.79 Å². The van der Waals surface area contributed by atoms with Crippen molar-refractivity contribution in [3.8, 4) is 11.8 Å². The van der Waals surface area contributed by atoms with E-state index in [1.807, 2.05) is 13.0 Å². The zero-order chi connectivity index (χ0) is 15.2. The van der Waals surface area contributed by atoms with Crippen LogP contribution in [0, 0.1) is 18.8 Å². The number of nitrogens with two attached hydrogens (primary N) is 1. The first-order valence-electron chi connectivity index (χ1n) is 6.97. The van der Waals surface area contributed by atoms with Crippen molar-refractivity contribution < 1.29 is 9.59 Å². The zero-order valence-electron chi connectivity index (χ0n) is 12.1. The maximum atomic E-state index is 12.5. The van der Waals surface area contributed by atoms with Gasteiger partial charge >= 0.3 is 0 Å². The second kappa shape index (κ2) is 6.91. The Kier molecular flexibility index (Phi) is 4.96. The lowest BCUT2D eigenvalue weighted by atomic mass is 10.0. The number of aryl methyl sites for hydroxylation is 1. The van der Waals surface area contributed by atoms with Crippen LogP contribution in [0.1, 0.15) is 27.9 Å². The second-order valence-corrected chi connectivity index (χ2v) is 4.97. The topological polar surface area (TPSA) is 75.4 Å². The van der Waals surface area contributed by atoms with E-state index in [1.54, 1.807) is 17.0 Å². The number of nitrogens with zero attached hydrogens (tertiary/aromatic N) is 1. The van der Waals surface area contributed by atoms with Gasteiger partial charge in [0.1, 0.15) is 0 Å². The van der Waals surface area contributed by atoms with Gasteiger partial charge in [-0.1, -0.05) is 17.9 Å². The Morgan fingerprint density at radius 2 is 2.29 bits per heavy atom. The number of hydrogen-bond donors (Lipinski definition) is 2. The molecule has 5 nitrogen and oxygen atoms in total. The maximum absolute atomic E-state index is 12.5. The molecule has 0 atom stereocenters. The fraction of sp³-hybridized carbons (Fsp3) is 0.375. The summed E-state index contributed by atoms with van der Waals surface area (Å²) in [4.78, 5) is 25.6. The third-order valence-electron chi connectivity index (χ3n) is 3.36. The van der Waals surface area contributed by atoms with Gasteiger partial charge < -0.3 is 16.0 Å². The fourth-order valence-electron chi connectivity index (χ4n) is 2.20. The summed E-state index contributed by atoms with van der Waals surface area (Å²) in [7, 11) is 0. The van der Waals surface area contributed by atoms with Crippen LogP contribution >= 0.6 is 0 Å². The Balaban J connectivity index is 2.24. The van der Waals surface area contributed by atoms with Crippen molar-refractivity contribution in [1.82, 2.24) is 10.2 Å². The Morgan fingerprint density at radius 1 is 1.48 bits per heavy atom. The fourth-order valence-corrected chi connectivity index (χ4v) is 2.20. The summed E-state index contributed by atoms with van der Waals surface area (Å²) >= 11 is 0. The van der Waals surface area contributed by atoms with E-state index < -0.39 is 0 Å². The Labute approximate surface area is 124 Å². The molecule has 1 aliphatic heterocycles. The highest BCUT2D eigenvalue weighted by Gasteiger charge is 2.21. The highest BCUT2D eigenvalue weighted by Crippen LogP contribution is 2.13. The summed E-state index contributed by atoms with van der Waals surface area (Å²) in [6, 6.07) is 5.41. The summed E-state index contributed by atoms with van der Waals surface area (Å²) in [5, 5.41) is 2.76. The van der Waals surface area contributed by atoms with Gasteiger partial charge in [0.2, 0.25) is 5.91 Å². The number of carbonyl (C=O) groups excluding carboxylic acids is 2. The third kappa shape index (κ3) is 3.83. The Bertz CT molecular complexity index is 614. The van der Waals surface area contributed by atoms with Crippen molar-refractivity contribution in [1.29, 1.82) is 0 Å². The number of benzene rings is 1. The first-order valence-corrected chi connectivity index (χ1v) is 6.97. The van der Waals surface area contributed by atoms with Crippen molar-refractivity contribution in [2.75, 3.05) is 26.2 Å². The van der Waals surface area contributed by atoms with E-state index in [0.29, 0.717) is 18.7 Å². The van der Waals surface area contributed by atoms with E-state index in [9.17, 15) is 9.59 Å². The monoisotopic (exact) mass is 285 g/mol. The van der Waals surface area contributed by atoms with Gasteiger partial charge in [0, 0.05) is 24.2 Å². The molecule has 0 saturated carbocycles. The first kappa shape index (κ1) is 15.1. The number of nitrogens with one attached hydrogen (secondary N) is 1. The number of amides is 2. The molecule has 1 saturated heterocycles. The minimum atomic E-state index is -0.136. The van der Waals surface area contributed by atoms with Gasteiger partial charge in [-0.15, -0.1) is 0 Å². The molecule has 0 radical (unpaired) electrons. The van der Waals surface area contributed by atoms with Gasteiger partial charge in [0.05, 0.1) is 13.1 Å². The van der Waals surface area contributed by atoms with Gasteiger partial charge in [0.15, 0.2) is 0 Å². The molecule has 110 valence electrons. The van der Waals surface area contributed by atoms with Crippen LogP contribution < -0.4 is 11.1 Å². The molecule has 0 aromatic heterocycles. The minimum Gasteiger partial charge on any atom is -0.354 e. The molecular weight excluding hydrogens is 266 g/mol. The lowest BCUT2D eigenvalue weighted by Crippen LogP contribution is -2.37. The molecule has 5 heteroatoms. The molecule has 1 fully saturated rings. The van der Waals surface area contributed by atoms with Crippen molar-refractivity contribution in [2.45, 2.75) is 13.3 Å². The molecule has 0 aliphatic carbocycles. The van der Waals surface area contributed by atoms with Crippen LogP contribution in [0.4, 0.5) is 0 Å². The summed E-state index contributed by atoms with van der Waals surface area (Å²) < 4.78 is 0. The Morgan fingerprint density at radius 3 is 3.05 bits per heavy atom. The van der Waals surface area contributed by atoms with E-state index in [0.717, 1.165) is 17.5 Å². The molecule has 2 amide bonds. The zero-order valence-corrected chi connectivity index (χ0v) is 12.1. The molecule has 2 rings (SSSR count). The Hall–Kier alpha value is -2.32. The highest BCUT2D eigenvalue weighted by molar-refractivity contribution is 5.97. The average molecular weight is 285 g/mol. The quantitative estimate of drug-likeness (QED) is 0.727. The molecule has 1 aromatic carbocycles. The molecule has 0 unspecified atom stereocenters. The number of carbonyl (C=O) groups is 2. The van der Waals surface area contributed by atoms with Crippen LogP contribution in [0.15, 0.2) is 18.2 Å². The van der Waals surface area contributed by atoms with Gasteiger partial charge in [0.25, 0.3) is 5.91 Å². The third-order valence-corrected chi connectivity index (χ3v) is 3.36. The molecule has 1 aromatic rings. The molecule has 0 bridgehead atoms. The lowest BCUT2D eigenvalue weighted by Gasteiger charge is -2.19. The van der Waals surface area contributed by atoms with Gasteiger partial charge in [-0.3, -0.25) is 9.59 Å². The van der Waals surface area contributed by atoms with E-state index in [-0.39, 0.29) is 24.9 Å². The van der Waals surface area contributed by atoms with Crippen LogP contribution in [-0.4, -0.2) is 42.9 Å². The molecular formula is C16H19N3O2. The molecule has 3 N–H and O–H groups in total. The summed E-state index contributed by atoms with van der Waals surface area (Å²) in [5.74, 6) is 5.51. The van der Waals surface area contributed by atoms with E-state index in [4.69, 9.17) is 5.73 Å². The molecule has 1 heterocycles. The molecule has 1 aliphatic rings. The van der Waals surface area contributed by atoms with Gasteiger partial charge in [-0.25, -0.2) is 0 Å². The average Bonchev–Trinajstić information content (AvgIpc) is 2.70. The minimum absolute atomic E-state index is 0.108.